The summed E-state index contributed by atoms with van der Waals surface area (Å²) in [6.07, 6.45) is 0. The van der Waals surface area contributed by atoms with Gasteiger partial charge in [0.2, 0.25) is 0 Å². The first-order valence-electron chi connectivity index (χ1n) is 9.43. The largest absolute Gasteiger partial charge is 0.490 e. The number of rotatable bonds is 9. The summed E-state index contributed by atoms with van der Waals surface area (Å²) in [6, 6.07) is 12.1. The molecule has 1 amide bonds. The molecule has 0 aliphatic carbocycles. The number of aliphatic imine (C=N–C) groups is 1. The highest BCUT2D eigenvalue weighted by Crippen LogP contribution is 2.32. The molecule has 0 aliphatic rings. The van der Waals surface area contributed by atoms with Gasteiger partial charge in [-0.3, -0.25) is 9.79 Å². The van der Waals surface area contributed by atoms with Crippen molar-refractivity contribution in [3.63, 3.8) is 0 Å². The first-order valence-corrected chi connectivity index (χ1v) is 9.43. The molecule has 2 aromatic rings. The highest BCUT2D eigenvalue weighted by atomic mass is 127. The lowest BCUT2D eigenvalue weighted by Gasteiger charge is -2.17. The zero-order valence-corrected chi connectivity index (χ0v) is 19.9. The minimum Gasteiger partial charge on any atom is -0.490 e. The average molecular weight is 548 g/mol. The van der Waals surface area contributed by atoms with Gasteiger partial charge in [-0.1, -0.05) is 24.3 Å². The summed E-state index contributed by atoms with van der Waals surface area (Å²) < 4.78 is 35.7. The number of halogens is 3. The van der Waals surface area contributed by atoms with Crippen LogP contribution in [0.1, 0.15) is 28.4 Å². The first kappa shape index (κ1) is 26.4. The van der Waals surface area contributed by atoms with Crippen molar-refractivity contribution in [2.45, 2.75) is 26.6 Å². The number of amides is 1. The minimum absolute atomic E-state index is 0. The van der Waals surface area contributed by atoms with Crippen molar-refractivity contribution in [2.75, 3.05) is 20.7 Å². The molecular formula is C21H27F2IN4O3. The van der Waals surface area contributed by atoms with Crippen LogP contribution in [0.4, 0.5) is 8.78 Å². The summed E-state index contributed by atoms with van der Waals surface area (Å²) in [5.74, 6) is 0.594. The summed E-state index contributed by atoms with van der Waals surface area (Å²) in [4.78, 5) is 15.7. The van der Waals surface area contributed by atoms with Gasteiger partial charge in [0.1, 0.15) is 0 Å². The number of para-hydroxylation sites is 1. The van der Waals surface area contributed by atoms with Crippen LogP contribution in [0, 0.1) is 0 Å². The molecule has 0 heterocycles. The van der Waals surface area contributed by atoms with Gasteiger partial charge in [0.05, 0.1) is 6.61 Å². The SMILES string of the molecule is CCOc1cccc(CNC(=NC)NCc2ccc(C(=O)NC)cc2)c1OC(F)F.I. The number of nitrogens with zero attached hydrogens (tertiary/aromatic N) is 1. The third-order valence-corrected chi connectivity index (χ3v) is 4.14. The Bertz CT molecular complexity index is 864. The van der Waals surface area contributed by atoms with Crippen LogP contribution in [0.5, 0.6) is 11.5 Å². The Labute approximate surface area is 197 Å². The number of benzene rings is 2. The third kappa shape index (κ3) is 8.19. The average Bonchev–Trinajstić information content (AvgIpc) is 2.75. The van der Waals surface area contributed by atoms with Gasteiger partial charge in [-0.05, 0) is 30.7 Å². The Kier molecular flexibility index (Phi) is 11.6. The maximum Gasteiger partial charge on any atom is 0.387 e. The van der Waals surface area contributed by atoms with Crippen molar-refractivity contribution < 1.29 is 23.0 Å². The van der Waals surface area contributed by atoms with Gasteiger partial charge in [-0.25, -0.2) is 0 Å². The van der Waals surface area contributed by atoms with Crippen LogP contribution in [0.15, 0.2) is 47.5 Å². The van der Waals surface area contributed by atoms with E-state index in [9.17, 15) is 13.6 Å². The molecule has 0 radical (unpaired) electrons. The highest BCUT2D eigenvalue weighted by Gasteiger charge is 2.16. The Morgan fingerprint density at radius 1 is 1.10 bits per heavy atom. The Morgan fingerprint density at radius 2 is 1.77 bits per heavy atom. The van der Waals surface area contributed by atoms with Gasteiger partial charge in [-0.15, -0.1) is 24.0 Å². The summed E-state index contributed by atoms with van der Waals surface area (Å²) >= 11 is 0. The lowest BCUT2D eigenvalue weighted by Crippen LogP contribution is -2.36. The van der Waals surface area contributed by atoms with Crippen molar-refractivity contribution in [1.29, 1.82) is 0 Å². The molecule has 0 bridgehead atoms. The van der Waals surface area contributed by atoms with E-state index >= 15 is 0 Å². The van der Waals surface area contributed by atoms with Crippen molar-refractivity contribution in [1.82, 2.24) is 16.0 Å². The van der Waals surface area contributed by atoms with E-state index in [0.29, 0.717) is 30.2 Å². The Balaban J connectivity index is 0.00000480. The lowest BCUT2D eigenvalue weighted by atomic mass is 10.1. The first-order chi connectivity index (χ1) is 14.5. The quantitative estimate of drug-likeness (QED) is 0.254. The van der Waals surface area contributed by atoms with E-state index in [-0.39, 0.29) is 47.9 Å². The van der Waals surface area contributed by atoms with E-state index in [1.165, 1.54) is 0 Å². The molecule has 10 heteroatoms. The molecule has 170 valence electrons. The molecule has 7 nitrogen and oxygen atoms in total. The predicted octanol–water partition coefficient (Wildman–Crippen LogP) is 3.53. The third-order valence-electron chi connectivity index (χ3n) is 4.14. The maximum absolute atomic E-state index is 12.8. The fraction of sp³-hybridized carbons (Fsp3) is 0.333. The standard InChI is InChI=1S/C21H26F2N4O3.HI/c1-4-29-17-7-5-6-16(18(17)30-20(22)23)13-27-21(25-3)26-12-14-8-10-15(11-9-14)19(28)24-2;/h5-11,20H,4,12-13H2,1-3H3,(H,24,28)(H2,25,26,27);1H. The molecule has 2 rings (SSSR count). The smallest absolute Gasteiger partial charge is 0.387 e. The second-order valence-corrected chi connectivity index (χ2v) is 6.11. The van der Waals surface area contributed by atoms with Gasteiger partial charge in [-0.2, -0.15) is 8.78 Å². The number of ether oxygens (including phenoxy) is 2. The summed E-state index contributed by atoms with van der Waals surface area (Å²) in [7, 11) is 3.19. The van der Waals surface area contributed by atoms with Crippen LogP contribution in [-0.2, 0) is 13.1 Å². The number of hydrogen-bond acceptors (Lipinski definition) is 4. The Hall–Kier alpha value is -2.63. The molecule has 31 heavy (non-hydrogen) atoms. The van der Waals surface area contributed by atoms with E-state index in [1.807, 2.05) is 12.1 Å². The second kappa shape index (κ2) is 13.6. The molecular weight excluding hydrogens is 521 g/mol. The minimum atomic E-state index is -2.96. The van der Waals surface area contributed by atoms with E-state index in [2.05, 4.69) is 25.7 Å². The molecule has 0 aliphatic heterocycles. The van der Waals surface area contributed by atoms with Crippen molar-refractivity contribution in [2.24, 2.45) is 4.99 Å². The van der Waals surface area contributed by atoms with Crippen molar-refractivity contribution >= 4 is 35.8 Å². The zero-order chi connectivity index (χ0) is 21.9. The van der Waals surface area contributed by atoms with Crippen LogP contribution in [0.25, 0.3) is 0 Å². The second-order valence-electron chi connectivity index (χ2n) is 6.11. The van der Waals surface area contributed by atoms with Crippen LogP contribution in [-0.4, -0.2) is 39.2 Å². The molecule has 0 aromatic heterocycles. The molecule has 0 saturated carbocycles. The van der Waals surface area contributed by atoms with Crippen LogP contribution < -0.4 is 25.4 Å². The molecule has 0 fully saturated rings. The highest BCUT2D eigenvalue weighted by molar-refractivity contribution is 14.0. The van der Waals surface area contributed by atoms with Gasteiger partial charge < -0.3 is 25.4 Å². The molecule has 0 unspecified atom stereocenters. The molecule has 0 saturated heterocycles. The molecule has 2 aromatic carbocycles. The predicted molar refractivity (Wildman–Crippen MR) is 127 cm³/mol. The number of guanidine groups is 1. The monoisotopic (exact) mass is 548 g/mol. The van der Waals surface area contributed by atoms with Gasteiger partial charge >= 0.3 is 6.61 Å². The molecule has 3 N–H and O–H groups in total. The number of hydrogen-bond donors (Lipinski definition) is 3. The Morgan fingerprint density at radius 3 is 2.35 bits per heavy atom. The van der Waals surface area contributed by atoms with E-state index in [0.717, 1.165) is 5.56 Å². The van der Waals surface area contributed by atoms with Crippen LogP contribution >= 0.6 is 24.0 Å². The molecule has 0 spiro atoms. The fourth-order valence-electron chi connectivity index (χ4n) is 2.70. The van der Waals surface area contributed by atoms with Gasteiger partial charge in [0, 0.05) is 38.3 Å². The van der Waals surface area contributed by atoms with E-state index < -0.39 is 6.61 Å². The van der Waals surface area contributed by atoms with Crippen LogP contribution in [0.2, 0.25) is 0 Å². The number of nitrogens with one attached hydrogen (secondary N) is 3. The van der Waals surface area contributed by atoms with Gasteiger partial charge in [0.25, 0.3) is 5.91 Å². The zero-order valence-electron chi connectivity index (χ0n) is 17.6. The topological polar surface area (TPSA) is 84.0 Å². The number of carbonyl (C=O) groups excluding carboxylic acids is 1. The van der Waals surface area contributed by atoms with Crippen molar-refractivity contribution in [3.05, 3.63) is 59.2 Å². The normalized spacial score (nSPS) is 10.8. The summed E-state index contributed by atoms with van der Waals surface area (Å²) in [5.41, 5.74) is 2.04. The summed E-state index contributed by atoms with van der Waals surface area (Å²) in [5, 5.41) is 8.78. The summed E-state index contributed by atoms with van der Waals surface area (Å²) in [6.45, 7) is -0.186. The van der Waals surface area contributed by atoms with Crippen LogP contribution in [0.3, 0.4) is 0 Å². The van der Waals surface area contributed by atoms with E-state index in [4.69, 9.17) is 4.74 Å². The lowest BCUT2D eigenvalue weighted by molar-refractivity contribution is -0.0520. The van der Waals surface area contributed by atoms with E-state index in [1.54, 1.807) is 51.4 Å². The number of alkyl halides is 2. The molecule has 0 atom stereocenters. The fourth-order valence-corrected chi connectivity index (χ4v) is 2.70. The number of carbonyl (C=O) groups is 1. The van der Waals surface area contributed by atoms with Crippen molar-refractivity contribution in [3.8, 4) is 11.5 Å². The van der Waals surface area contributed by atoms with Gasteiger partial charge in [0.15, 0.2) is 17.5 Å². The maximum atomic E-state index is 12.8.